The first-order valence-corrected chi connectivity index (χ1v) is 7.82. The van der Waals surface area contributed by atoms with E-state index >= 15 is 0 Å². The summed E-state index contributed by atoms with van der Waals surface area (Å²) in [6, 6.07) is 9.43. The SMILES string of the molecule is CC1CCN(C(CN)c2ccccc2C2CC2)CC1. The molecule has 1 atom stereocenters. The van der Waals surface area contributed by atoms with Crippen molar-refractivity contribution in [2.24, 2.45) is 11.7 Å². The number of nitrogens with two attached hydrogens (primary N) is 1. The predicted molar refractivity (Wildman–Crippen MR) is 80.2 cm³/mol. The standard InChI is InChI=1S/C17H26N2/c1-13-8-10-19(11-9-13)17(12-18)16-5-3-2-4-15(16)14-6-7-14/h2-5,13-14,17H,6-12,18H2,1H3. The molecule has 2 aliphatic rings. The molecule has 1 aromatic rings. The number of benzene rings is 1. The third-order valence-corrected chi connectivity index (χ3v) is 4.85. The van der Waals surface area contributed by atoms with Gasteiger partial charge in [-0.3, -0.25) is 4.90 Å². The highest BCUT2D eigenvalue weighted by Gasteiger charge is 2.30. The Bertz CT molecular complexity index is 417. The molecule has 2 nitrogen and oxygen atoms in total. The molecule has 1 aromatic carbocycles. The van der Waals surface area contributed by atoms with Crippen LogP contribution in [-0.4, -0.2) is 24.5 Å². The Morgan fingerprint density at radius 3 is 2.47 bits per heavy atom. The first-order chi connectivity index (χ1) is 9.29. The van der Waals surface area contributed by atoms with Gasteiger partial charge in [0.15, 0.2) is 0 Å². The molecule has 0 bridgehead atoms. The van der Waals surface area contributed by atoms with Crippen molar-refractivity contribution < 1.29 is 0 Å². The van der Waals surface area contributed by atoms with Crippen LogP contribution in [0.2, 0.25) is 0 Å². The topological polar surface area (TPSA) is 29.3 Å². The van der Waals surface area contributed by atoms with E-state index in [1.165, 1.54) is 44.3 Å². The summed E-state index contributed by atoms with van der Waals surface area (Å²) in [5.74, 6) is 1.70. The van der Waals surface area contributed by atoms with Gasteiger partial charge in [-0.05, 0) is 61.7 Å². The predicted octanol–water partition coefficient (Wildman–Crippen LogP) is 3.30. The van der Waals surface area contributed by atoms with Crippen molar-refractivity contribution in [1.82, 2.24) is 4.90 Å². The molecule has 1 aliphatic heterocycles. The van der Waals surface area contributed by atoms with E-state index < -0.39 is 0 Å². The van der Waals surface area contributed by atoms with Gasteiger partial charge in [0.2, 0.25) is 0 Å². The second-order valence-corrected chi connectivity index (χ2v) is 6.37. The number of hydrogen-bond donors (Lipinski definition) is 1. The van der Waals surface area contributed by atoms with Crippen LogP contribution < -0.4 is 5.73 Å². The first kappa shape index (κ1) is 13.1. The van der Waals surface area contributed by atoms with Crippen molar-refractivity contribution in [3.05, 3.63) is 35.4 Å². The number of rotatable bonds is 4. The van der Waals surface area contributed by atoms with Crippen molar-refractivity contribution in [1.29, 1.82) is 0 Å². The Kier molecular flexibility index (Phi) is 3.90. The van der Waals surface area contributed by atoms with Crippen molar-refractivity contribution in [3.63, 3.8) is 0 Å². The maximum absolute atomic E-state index is 6.12. The summed E-state index contributed by atoms with van der Waals surface area (Å²) < 4.78 is 0. The van der Waals surface area contributed by atoms with Gasteiger partial charge in [-0.25, -0.2) is 0 Å². The van der Waals surface area contributed by atoms with E-state index in [4.69, 9.17) is 5.73 Å². The van der Waals surface area contributed by atoms with E-state index in [2.05, 4.69) is 36.1 Å². The molecule has 104 valence electrons. The first-order valence-electron chi connectivity index (χ1n) is 7.82. The van der Waals surface area contributed by atoms with Crippen LogP contribution in [0, 0.1) is 5.92 Å². The molecule has 1 saturated carbocycles. The van der Waals surface area contributed by atoms with Crippen LogP contribution in [0.25, 0.3) is 0 Å². The van der Waals surface area contributed by atoms with Crippen LogP contribution in [0.1, 0.15) is 55.7 Å². The zero-order valence-electron chi connectivity index (χ0n) is 12.0. The molecule has 0 spiro atoms. The normalized spacial score (nSPS) is 23.5. The minimum atomic E-state index is 0.435. The summed E-state index contributed by atoms with van der Waals surface area (Å²) in [5.41, 5.74) is 9.19. The number of piperidine rings is 1. The molecule has 0 radical (unpaired) electrons. The zero-order chi connectivity index (χ0) is 13.2. The molecule has 1 aliphatic carbocycles. The number of hydrogen-bond acceptors (Lipinski definition) is 2. The van der Waals surface area contributed by atoms with E-state index in [1.54, 1.807) is 5.56 Å². The molecular formula is C17H26N2. The van der Waals surface area contributed by atoms with Crippen LogP contribution in [0.3, 0.4) is 0 Å². The Morgan fingerprint density at radius 1 is 1.16 bits per heavy atom. The van der Waals surface area contributed by atoms with Gasteiger partial charge in [0, 0.05) is 12.6 Å². The van der Waals surface area contributed by atoms with Gasteiger partial charge in [-0.1, -0.05) is 31.2 Å². The second kappa shape index (κ2) is 5.64. The fourth-order valence-electron chi connectivity index (χ4n) is 3.39. The summed E-state index contributed by atoms with van der Waals surface area (Å²) in [5, 5.41) is 0. The lowest BCUT2D eigenvalue weighted by molar-refractivity contribution is 0.140. The fraction of sp³-hybridized carbons (Fsp3) is 0.647. The summed E-state index contributed by atoms with van der Waals surface area (Å²) >= 11 is 0. The van der Waals surface area contributed by atoms with E-state index in [-0.39, 0.29) is 0 Å². The van der Waals surface area contributed by atoms with Gasteiger partial charge < -0.3 is 5.73 Å². The molecular weight excluding hydrogens is 232 g/mol. The van der Waals surface area contributed by atoms with Gasteiger partial charge >= 0.3 is 0 Å². The molecule has 0 aromatic heterocycles. The molecule has 19 heavy (non-hydrogen) atoms. The van der Waals surface area contributed by atoms with Crippen LogP contribution in [0.15, 0.2) is 24.3 Å². The Hall–Kier alpha value is -0.860. The maximum atomic E-state index is 6.12. The number of nitrogens with zero attached hydrogens (tertiary/aromatic N) is 1. The molecule has 1 unspecified atom stereocenters. The highest BCUT2D eigenvalue weighted by Crippen LogP contribution is 2.43. The van der Waals surface area contributed by atoms with Gasteiger partial charge in [-0.2, -0.15) is 0 Å². The Morgan fingerprint density at radius 2 is 1.84 bits per heavy atom. The molecule has 2 heteroatoms. The smallest absolute Gasteiger partial charge is 0.0473 e. The highest BCUT2D eigenvalue weighted by atomic mass is 15.2. The largest absolute Gasteiger partial charge is 0.329 e. The minimum absolute atomic E-state index is 0.435. The van der Waals surface area contributed by atoms with Crippen LogP contribution in [-0.2, 0) is 0 Å². The van der Waals surface area contributed by atoms with Gasteiger partial charge in [0.1, 0.15) is 0 Å². The molecule has 2 fully saturated rings. The van der Waals surface area contributed by atoms with E-state index in [9.17, 15) is 0 Å². The van der Waals surface area contributed by atoms with Gasteiger partial charge in [0.25, 0.3) is 0 Å². The van der Waals surface area contributed by atoms with Crippen LogP contribution in [0.4, 0.5) is 0 Å². The quantitative estimate of drug-likeness (QED) is 0.898. The van der Waals surface area contributed by atoms with E-state index in [0.717, 1.165) is 18.4 Å². The molecule has 2 N–H and O–H groups in total. The lowest BCUT2D eigenvalue weighted by Crippen LogP contribution is -2.39. The van der Waals surface area contributed by atoms with Crippen molar-refractivity contribution >= 4 is 0 Å². The molecule has 1 saturated heterocycles. The second-order valence-electron chi connectivity index (χ2n) is 6.37. The zero-order valence-corrected chi connectivity index (χ0v) is 12.0. The minimum Gasteiger partial charge on any atom is -0.329 e. The average molecular weight is 258 g/mol. The summed E-state index contributed by atoms with van der Waals surface area (Å²) in [6.07, 6.45) is 5.38. The molecule has 1 heterocycles. The third kappa shape index (κ3) is 2.85. The lowest BCUT2D eigenvalue weighted by atomic mass is 9.92. The third-order valence-electron chi connectivity index (χ3n) is 4.85. The highest BCUT2D eigenvalue weighted by molar-refractivity contribution is 5.36. The van der Waals surface area contributed by atoms with Crippen LogP contribution in [0.5, 0.6) is 0 Å². The molecule has 0 amide bonds. The average Bonchev–Trinajstić information content (AvgIpc) is 3.27. The monoisotopic (exact) mass is 258 g/mol. The van der Waals surface area contributed by atoms with E-state index in [1.807, 2.05) is 0 Å². The van der Waals surface area contributed by atoms with Crippen molar-refractivity contribution in [3.8, 4) is 0 Å². The number of likely N-dealkylation sites (tertiary alicyclic amines) is 1. The summed E-state index contributed by atoms with van der Waals surface area (Å²) in [4.78, 5) is 2.61. The van der Waals surface area contributed by atoms with Crippen LogP contribution >= 0.6 is 0 Å². The Labute approximate surface area is 117 Å². The van der Waals surface area contributed by atoms with Crippen molar-refractivity contribution in [2.45, 2.75) is 44.6 Å². The Balaban J connectivity index is 1.81. The lowest BCUT2D eigenvalue weighted by Gasteiger charge is -2.37. The fourth-order valence-corrected chi connectivity index (χ4v) is 3.39. The van der Waals surface area contributed by atoms with Crippen molar-refractivity contribution in [2.75, 3.05) is 19.6 Å². The van der Waals surface area contributed by atoms with Gasteiger partial charge in [0.05, 0.1) is 0 Å². The maximum Gasteiger partial charge on any atom is 0.0473 e. The summed E-state index contributed by atoms with van der Waals surface area (Å²) in [7, 11) is 0. The summed E-state index contributed by atoms with van der Waals surface area (Å²) in [6.45, 7) is 5.54. The van der Waals surface area contributed by atoms with E-state index in [0.29, 0.717) is 6.04 Å². The molecule has 3 rings (SSSR count). The van der Waals surface area contributed by atoms with Gasteiger partial charge in [-0.15, -0.1) is 0 Å².